The zero-order chi connectivity index (χ0) is 17.1. The Morgan fingerprint density at radius 3 is 2.32 bits per heavy atom. The summed E-state index contributed by atoms with van der Waals surface area (Å²) in [6, 6.07) is 0. The van der Waals surface area contributed by atoms with E-state index in [0.29, 0.717) is 0 Å². The van der Waals surface area contributed by atoms with Crippen molar-refractivity contribution in [3.63, 3.8) is 0 Å². The van der Waals surface area contributed by atoms with E-state index in [1.54, 1.807) is 0 Å². The molecule has 0 saturated carbocycles. The van der Waals surface area contributed by atoms with Gasteiger partial charge in [0.2, 0.25) is 5.79 Å². The minimum Gasteiger partial charge on any atom is -0.394 e. The van der Waals surface area contributed by atoms with Gasteiger partial charge < -0.3 is 35.4 Å². The van der Waals surface area contributed by atoms with Crippen molar-refractivity contribution in [2.24, 2.45) is 0 Å². The highest BCUT2D eigenvalue weighted by molar-refractivity contribution is 5.75. The Balaban J connectivity index is 2.68. The standard InChI is InChI=1S/C11H18O11/c1-4(13)10(18)22-21-6(14)2-11(19)9(17)8(16)7(15)5(3-12)20-11/h4-5,7-9,12-13,15-17,19H,2-3H2,1H3. The average molecular weight is 326 g/mol. The summed E-state index contributed by atoms with van der Waals surface area (Å²) in [5.41, 5.74) is 0. The van der Waals surface area contributed by atoms with Gasteiger partial charge >= 0.3 is 11.9 Å². The lowest BCUT2D eigenvalue weighted by Gasteiger charge is -2.44. The van der Waals surface area contributed by atoms with Gasteiger partial charge in [-0.1, -0.05) is 0 Å². The van der Waals surface area contributed by atoms with Crippen LogP contribution in [0.15, 0.2) is 0 Å². The Morgan fingerprint density at radius 2 is 1.82 bits per heavy atom. The van der Waals surface area contributed by atoms with Gasteiger partial charge in [0.15, 0.2) is 6.10 Å². The summed E-state index contributed by atoms with van der Waals surface area (Å²) >= 11 is 0. The first-order valence-electron chi connectivity index (χ1n) is 6.27. The van der Waals surface area contributed by atoms with Gasteiger partial charge in [-0.05, 0) is 6.92 Å². The molecule has 6 atom stereocenters. The number of hydrogen-bond acceptors (Lipinski definition) is 11. The zero-order valence-corrected chi connectivity index (χ0v) is 11.5. The van der Waals surface area contributed by atoms with Crippen LogP contribution in [0.5, 0.6) is 0 Å². The lowest BCUT2D eigenvalue weighted by atomic mass is 9.91. The molecule has 128 valence electrons. The normalized spacial score (nSPS) is 36.5. The highest BCUT2D eigenvalue weighted by Crippen LogP contribution is 2.31. The number of rotatable bonds is 4. The number of hydrogen-bond donors (Lipinski definition) is 6. The molecule has 0 amide bonds. The molecule has 6 unspecified atom stereocenters. The van der Waals surface area contributed by atoms with Crippen LogP contribution in [0.2, 0.25) is 0 Å². The fourth-order valence-electron chi connectivity index (χ4n) is 1.76. The van der Waals surface area contributed by atoms with Crippen molar-refractivity contribution in [3.05, 3.63) is 0 Å². The molecule has 6 N–H and O–H groups in total. The van der Waals surface area contributed by atoms with Gasteiger partial charge in [0, 0.05) is 0 Å². The summed E-state index contributed by atoms with van der Waals surface area (Å²) in [4.78, 5) is 30.3. The van der Waals surface area contributed by atoms with Gasteiger partial charge in [0.25, 0.3) is 0 Å². The Labute approximate surface area is 124 Å². The molecular weight excluding hydrogens is 308 g/mol. The summed E-state index contributed by atoms with van der Waals surface area (Å²) in [5.74, 6) is -5.31. The van der Waals surface area contributed by atoms with Gasteiger partial charge in [-0.15, -0.1) is 0 Å². The van der Waals surface area contributed by atoms with E-state index in [4.69, 9.17) is 14.9 Å². The van der Waals surface area contributed by atoms with Gasteiger partial charge in [0.1, 0.15) is 30.8 Å². The Kier molecular flexibility index (Phi) is 6.19. The molecule has 1 aliphatic rings. The van der Waals surface area contributed by atoms with E-state index in [9.17, 15) is 30.0 Å². The van der Waals surface area contributed by atoms with E-state index in [1.807, 2.05) is 0 Å². The highest BCUT2D eigenvalue weighted by Gasteiger charge is 2.54. The largest absolute Gasteiger partial charge is 0.394 e. The van der Waals surface area contributed by atoms with Crippen molar-refractivity contribution in [3.8, 4) is 0 Å². The molecule has 0 aliphatic carbocycles. The first kappa shape index (κ1) is 18.7. The minimum atomic E-state index is -2.68. The summed E-state index contributed by atoms with van der Waals surface area (Å²) in [7, 11) is 0. The van der Waals surface area contributed by atoms with Crippen molar-refractivity contribution in [2.75, 3.05) is 6.61 Å². The van der Waals surface area contributed by atoms with Crippen LogP contribution >= 0.6 is 0 Å². The van der Waals surface area contributed by atoms with Crippen molar-refractivity contribution in [1.29, 1.82) is 0 Å². The van der Waals surface area contributed by atoms with E-state index >= 15 is 0 Å². The number of carbonyl (C=O) groups is 2. The van der Waals surface area contributed by atoms with Crippen LogP contribution in [-0.4, -0.2) is 85.5 Å². The molecule has 11 nitrogen and oxygen atoms in total. The van der Waals surface area contributed by atoms with Crippen molar-refractivity contribution >= 4 is 11.9 Å². The Hall–Kier alpha value is -1.34. The first-order valence-corrected chi connectivity index (χ1v) is 6.27. The molecule has 0 bridgehead atoms. The number of ether oxygens (including phenoxy) is 1. The smallest absolute Gasteiger partial charge is 0.383 e. The minimum absolute atomic E-state index is 0.806. The van der Waals surface area contributed by atoms with Crippen LogP contribution in [-0.2, 0) is 24.1 Å². The van der Waals surface area contributed by atoms with Gasteiger partial charge in [-0.2, -0.15) is 0 Å². The monoisotopic (exact) mass is 326 g/mol. The van der Waals surface area contributed by atoms with E-state index in [0.717, 1.165) is 6.92 Å². The SMILES string of the molecule is CC(O)C(=O)OOC(=O)CC1(O)OC(CO)C(O)C(O)C1O. The van der Waals surface area contributed by atoms with Crippen LogP contribution < -0.4 is 0 Å². The maximum absolute atomic E-state index is 11.4. The lowest BCUT2D eigenvalue weighted by molar-refractivity contribution is -0.353. The molecule has 0 spiro atoms. The molecule has 0 aromatic rings. The summed E-state index contributed by atoms with van der Waals surface area (Å²) in [6.45, 7) is 0.251. The molecule has 1 saturated heterocycles. The summed E-state index contributed by atoms with van der Waals surface area (Å²) in [5, 5.41) is 56.5. The zero-order valence-electron chi connectivity index (χ0n) is 11.5. The molecule has 22 heavy (non-hydrogen) atoms. The predicted molar refractivity (Wildman–Crippen MR) is 63.4 cm³/mol. The van der Waals surface area contributed by atoms with Crippen LogP contribution in [0, 0.1) is 0 Å². The Morgan fingerprint density at radius 1 is 1.23 bits per heavy atom. The number of carbonyl (C=O) groups excluding carboxylic acids is 2. The summed E-state index contributed by atoms with van der Waals surface area (Å²) in [6.07, 6.45) is -9.78. The molecule has 1 heterocycles. The maximum atomic E-state index is 11.4. The molecule has 1 rings (SSSR count). The third kappa shape index (κ3) is 4.10. The number of aliphatic hydroxyl groups is 6. The van der Waals surface area contributed by atoms with Crippen LogP contribution in [0.3, 0.4) is 0 Å². The average Bonchev–Trinajstić information content (AvgIpc) is 2.46. The predicted octanol–water partition coefficient (Wildman–Crippen LogP) is -4.08. The Bertz CT molecular complexity index is 409. The first-order chi connectivity index (χ1) is 10.1. The van der Waals surface area contributed by atoms with Gasteiger partial charge in [-0.25, -0.2) is 19.4 Å². The second-order valence-electron chi connectivity index (χ2n) is 4.82. The van der Waals surface area contributed by atoms with Gasteiger partial charge in [0.05, 0.1) is 6.61 Å². The van der Waals surface area contributed by atoms with E-state index in [-0.39, 0.29) is 0 Å². The molecule has 0 radical (unpaired) electrons. The van der Waals surface area contributed by atoms with E-state index in [1.165, 1.54) is 0 Å². The quantitative estimate of drug-likeness (QED) is 0.218. The maximum Gasteiger partial charge on any atom is 0.383 e. The highest BCUT2D eigenvalue weighted by atomic mass is 17.2. The van der Waals surface area contributed by atoms with E-state index < -0.39 is 61.3 Å². The lowest BCUT2D eigenvalue weighted by Crippen LogP contribution is -2.65. The van der Waals surface area contributed by atoms with Gasteiger partial charge in [-0.3, -0.25) is 0 Å². The summed E-state index contributed by atoms with van der Waals surface area (Å²) < 4.78 is 4.80. The van der Waals surface area contributed by atoms with E-state index in [2.05, 4.69) is 9.78 Å². The van der Waals surface area contributed by atoms with Crippen molar-refractivity contribution in [1.82, 2.24) is 0 Å². The fourth-order valence-corrected chi connectivity index (χ4v) is 1.76. The number of aliphatic hydroxyl groups excluding tert-OH is 5. The topological polar surface area (TPSA) is 183 Å². The molecule has 1 fully saturated rings. The fraction of sp³-hybridized carbons (Fsp3) is 0.818. The third-order valence-corrected chi connectivity index (χ3v) is 3.01. The molecule has 1 aliphatic heterocycles. The van der Waals surface area contributed by atoms with Crippen molar-refractivity contribution in [2.45, 2.75) is 49.7 Å². The molecule has 0 aromatic heterocycles. The molecular formula is C11H18O11. The molecule has 0 aromatic carbocycles. The van der Waals surface area contributed by atoms with Crippen LogP contribution in [0.1, 0.15) is 13.3 Å². The third-order valence-electron chi connectivity index (χ3n) is 3.01. The van der Waals surface area contributed by atoms with Crippen molar-refractivity contribution < 1.29 is 54.7 Å². The molecule has 11 heteroatoms. The van der Waals surface area contributed by atoms with Crippen LogP contribution in [0.25, 0.3) is 0 Å². The second kappa shape index (κ2) is 7.28. The van der Waals surface area contributed by atoms with Crippen LogP contribution in [0.4, 0.5) is 0 Å². The second-order valence-corrected chi connectivity index (χ2v) is 4.82.